The summed E-state index contributed by atoms with van der Waals surface area (Å²) in [5, 5.41) is 10.5. The highest BCUT2D eigenvalue weighted by molar-refractivity contribution is 6.30. The van der Waals surface area contributed by atoms with E-state index in [0.717, 1.165) is 44.2 Å². The maximum absolute atomic E-state index is 12.9. The standard InChI is InChI=1S/C16H20ClNO2.C2H6/c17-13-6-4-12(5-7-13)16(8-2-9-16)15(20)18-10-1-3-14(19)11-18;1-2/h4-7,14,19H,1-3,8-11H2;1-2H3. The predicted octanol–water partition coefficient (Wildman–Crippen LogP) is 3.77. The van der Waals surface area contributed by atoms with Gasteiger partial charge in [-0.15, -0.1) is 0 Å². The van der Waals surface area contributed by atoms with Gasteiger partial charge < -0.3 is 10.0 Å². The van der Waals surface area contributed by atoms with E-state index in [0.29, 0.717) is 11.6 Å². The molecule has 1 N–H and O–H groups in total. The SMILES string of the molecule is CC.O=C(N1CCCC(O)C1)C1(c2ccc(Cl)cc2)CCC1. The molecule has 0 bridgehead atoms. The summed E-state index contributed by atoms with van der Waals surface area (Å²) in [5.74, 6) is 0.185. The number of hydrogen-bond donors (Lipinski definition) is 1. The van der Waals surface area contributed by atoms with Crippen molar-refractivity contribution in [3.05, 3.63) is 34.9 Å². The van der Waals surface area contributed by atoms with Crippen LogP contribution in [0.1, 0.15) is 51.5 Å². The van der Waals surface area contributed by atoms with Gasteiger partial charge in [-0.2, -0.15) is 0 Å². The van der Waals surface area contributed by atoms with Gasteiger partial charge in [-0.3, -0.25) is 4.79 Å². The third-order valence-corrected chi connectivity index (χ3v) is 4.95. The fourth-order valence-electron chi connectivity index (χ4n) is 3.37. The maximum Gasteiger partial charge on any atom is 0.233 e. The van der Waals surface area contributed by atoms with E-state index in [9.17, 15) is 9.90 Å². The smallest absolute Gasteiger partial charge is 0.233 e. The van der Waals surface area contributed by atoms with Gasteiger partial charge in [0.25, 0.3) is 0 Å². The molecule has 1 aromatic rings. The lowest BCUT2D eigenvalue weighted by Crippen LogP contribution is -2.54. The molecule has 2 aliphatic rings. The second kappa shape index (κ2) is 7.47. The number of amides is 1. The highest BCUT2D eigenvalue weighted by Gasteiger charge is 2.48. The van der Waals surface area contributed by atoms with Crippen LogP contribution in [-0.4, -0.2) is 35.1 Å². The Morgan fingerprint density at radius 1 is 1.23 bits per heavy atom. The topological polar surface area (TPSA) is 40.5 Å². The second-order valence-corrected chi connectivity index (χ2v) is 6.43. The van der Waals surface area contributed by atoms with Gasteiger partial charge in [-0.1, -0.05) is 44.0 Å². The molecule has 3 nitrogen and oxygen atoms in total. The minimum Gasteiger partial charge on any atom is -0.391 e. The van der Waals surface area contributed by atoms with E-state index in [4.69, 9.17) is 11.6 Å². The molecule has 1 heterocycles. The van der Waals surface area contributed by atoms with E-state index >= 15 is 0 Å². The Balaban J connectivity index is 0.000000847. The molecule has 1 atom stereocenters. The van der Waals surface area contributed by atoms with Crippen LogP contribution in [0.25, 0.3) is 0 Å². The number of likely N-dealkylation sites (tertiary alicyclic amines) is 1. The lowest BCUT2D eigenvalue weighted by molar-refractivity contribution is -0.144. The minimum absolute atomic E-state index is 0.185. The summed E-state index contributed by atoms with van der Waals surface area (Å²) >= 11 is 5.94. The molecule has 1 saturated carbocycles. The highest BCUT2D eigenvalue weighted by atomic mass is 35.5. The summed E-state index contributed by atoms with van der Waals surface area (Å²) in [4.78, 5) is 14.8. The molecular weight excluding hydrogens is 298 g/mol. The lowest BCUT2D eigenvalue weighted by Gasteiger charge is -2.45. The average molecular weight is 324 g/mol. The lowest BCUT2D eigenvalue weighted by atomic mass is 9.63. The molecule has 0 aromatic heterocycles. The number of halogens is 1. The van der Waals surface area contributed by atoms with Crippen LogP contribution < -0.4 is 0 Å². The number of carbonyl (C=O) groups excluding carboxylic acids is 1. The molecule has 2 fully saturated rings. The number of benzene rings is 1. The van der Waals surface area contributed by atoms with E-state index in [1.165, 1.54) is 0 Å². The van der Waals surface area contributed by atoms with Crippen molar-refractivity contribution >= 4 is 17.5 Å². The van der Waals surface area contributed by atoms with Gasteiger partial charge >= 0.3 is 0 Å². The maximum atomic E-state index is 12.9. The Bertz CT molecular complexity index is 496. The van der Waals surface area contributed by atoms with E-state index in [1.54, 1.807) is 0 Å². The molecule has 4 heteroatoms. The molecular formula is C18H26ClNO2. The van der Waals surface area contributed by atoms with Gasteiger partial charge in [-0.05, 0) is 43.4 Å². The normalized spacial score (nSPS) is 23.1. The fraction of sp³-hybridized carbons (Fsp3) is 0.611. The zero-order valence-electron chi connectivity index (χ0n) is 13.5. The number of piperidine rings is 1. The van der Waals surface area contributed by atoms with Crippen LogP contribution in [0.3, 0.4) is 0 Å². The van der Waals surface area contributed by atoms with E-state index in [1.807, 2.05) is 43.0 Å². The first-order valence-corrected chi connectivity index (χ1v) is 8.73. The van der Waals surface area contributed by atoms with Crippen LogP contribution in [0, 0.1) is 0 Å². The summed E-state index contributed by atoms with van der Waals surface area (Å²) in [5.41, 5.74) is 0.694. The van der Waals surface area contributed by atoms with Crippen molar-refractivity contribution in [1.82, 2.24) is 4.90 Å². The van der Waals surface area contributed by atoms with Crippen molar-refractivity contribution in [1.29, 1.82) is 0 Å². The second-order valence-electron chi connectivity index (χ2n) is 5.99. The van der Waals surface area contributed by atoms with E-state index in [2.05, 4.69) is 0 Å². The van der Waals surface area contributed by atoms with Crippen LogP contribution >= 0.6 is 11.6 Å². The molecule has 1 aromatic carbocycles. The van der Waals surface area contributed by atoms with Gasteiger partial charge in [0.1, 0.15) is 0 Å². The number of nitrogens with zero attached hydrogens (tertiary/aromatic N) is 1. The predicted molar refractivity (Wildman–Crippen MR) is 90.1 cm³/mol. The van der Waals surface area contributed by atoms with Crippen molar-refractivity contribution in [3.8, 4) is 0 Å². The Hall–Kier alpha value is -1.06. The number of aliphatic hydroxyl groups is 1. The number of rotatable bonds is 2. The van der Waals surface area contributed by atoms with Crippen molar-refractivity contribution in [3.63, 3.8) is 0 Å². The molecule has 122 valence electrons. The monoisotopic (exact) mass is 323 g/mol. The average Bonchev–Trinajstić information content (AvgIpc) is 2.50. The van der Waals surface area contributed by atoms with Crippen molar-refractivity contribution < 1.29 is 9.90 Å². The van der Waals surface area contributed by atoms with Crippen LogP contribution in [0.2, 0.25) is 5.02 Å². The summed E-state index contributed by atoms with van der Waals surface area (Å²) in [6.07, 6.45) is 4.22. The molecule has 0 spiro atoms. The quantitative estimate of drug-likeness (QED) is 0.900. The number of carbonyl (C=O) groups is 1. The van der Waals surface area contributed by atoms with Crippen molar-refractivity contribution in [2.75, 3.05) is 13.1 Å². The molecule has 1 aliphatic heterocycles. The molecule has 3 rings (SSSR count). The summed E-state index contributed by atoms with van der Waals surface area (Å²) in [6.45, 7) is 5.25. The third kappa shape index (κ3) is 3.31. The van der Waals surface area contributed by atoms with Gasteiger partial charge in [0.15, 0.2) is 0 Å². The first-order valence-electron chi connectivity index (χ1n) is 8.35. The zero-order chi connectivity index (χ0) is 16.2. The molecule has 1 amide bonds. The Morgan fingerprint density at radius 2 is 1.86 bits per heavy atom. The van der Waals surface area contributed by atoms with Gasteiger partial charge in [-0.25, -0.2) is 0 Å². The summed E-state index contributed by atoms with van der Waals surface area (Å²) in [7, 11) is 0. The van der Waals surface area contributed by atoms with E-state index < -0.39 is 0 Å². The van der Waals surface area contributed by atoms with Gasteiger partial charge in [0, 0.05) is 18.1 Å². The molecule has 1 saturated heterocycles. The number of hydrogen-bond acceptors (Lipinski definition) is 2. The largest absolute Gasteiger partial charge is 0.391 e. The van der Waals surface area contributed by atoms with Crippen molar-refractivity contribution in [2.45, 2.75) is 57.5 Å². The summed E-state index contributed by atoms with van der Waals surface area (Å²) in [6, 6.07) is 7.66. The number of aliphatic hydroxyl groups excluding tert-OH is 1. The highest BCUT2D eigenvalue weighted by Crippen LogP contribution is 2.45. The van der Waals surface area contributed by atoms with Crippen molar-refractivity contribution in [2.24, 2.45) is 0 Å². The fourth-order valence-corrected chi connectivity index (χ4v) is 3.49. The Kier molecular flexibility index (Phi) is 5.87. The van der Waals surface area contributed by atoms with Gasteiger partial charge in [0.05, 0.1) is 11.5 Å². The first kappa shape index (κ1) is 17.3. The zero-order valence-corrected chi connectivity index (χ0v) is 14.3. The van der Waals surface area contributed by atoms with Crippen LogP contribution in [-0.2, 0) is 10.2 Å². The van der Waals surface area contributed by atoms with Gasteiger partial charge in [0.2, 0.25) is 5.91 Å². The van der Waals surface area contributed by atoms with E-state index in [-0.39, 0.29) is 17.4 Å². The third-order valence-electron chi connectivity index (χ3n) is 4.70. The molecule has 0 radical (unpaired) electrons. The van der Waals surface area contributed by atoms with Crippen LogP contribution in [0.5, 0.6) is 0 Å². The summed E-state index contributed by atoms with van der Waals surface area (Å²) < 4.78 is 0. The first-order chi connectivity index (χ1) is 10.6. The Morgan fingerprint density at radius 3 is 2.36 bits per heavy atom. The molecule has 22 heavy (non-hydrogen) atoms. The number of β-amino-alcohol motifs (C(OH)–C–C–N with tert-alkyl or cyclic N) is 1. The van der Waals surface area contributed by atoms with Crippen LogP contribution in [0.15, 0.2) is 24.3 Å². The molecule has 1 aliphatic carbocycles. The minimum atomic E-state index is -0.373. The van der Waals surface area contributed by atoms with Crippen LogP contribution in [0.4, 0.5) is 0 Å². The Labute approximate surface area is 138 Å². The molecule has 1 unspecified atom stereocenters.